The molecule has 0 radical (unpaired) electrons. The third kappa shape index (κ3) is 4.40. The van der Waals surface area contributed by atoms with Crippen molar-refractivity contribution in [1.29, 1.82) is 0 Å². The highest BCUT2D eigenvalue weighted by Crippen LogP contribution is 2.35. The summed E-state index contributed by atoms with van der Waals surface area (Å²) in [6.45, 7) is 3.11. The van der Waals surface area contributed by atoms with Crippen LogP contribution in [0.25, 0.3) is 0 Å². The molecule has 7 heteroatoms. The van der Waals surface area contributed by atoms with Gasteiger partial charge in [-0.1, -0.05) is 37.3 Å². The Morgan fingerprint density at radius 1 is 1.03 bits per heavy atom. The van der Waals surface area contributed by atoms with Crippen LogP contribution in [0.1, 0.15) is 36.9 Å². The van der Waals surface area contributed by atoms with Crippen molar-refractivity contribution >= 4 is 17.7 Å². The average Bonchev–Trinajstić information content (AvgIpc) is 3.20. The lowest BCUT2D eigenvalue weighted by Gasteiger charge is -2.32. The molecule has 1 heterocycles. The molecule has 1 aliphatic heterocycles. The van der Waals surface area contributed by atoms with Gasteiger partial charge in [0.25, 0.3) is 0 Å². The second kappa shape index (κ2) is 8.73. The number of benzene rings is 2. The van der Waals surface area contributed by atoms with Gasteiger partial charge < -0.3 is 20.9 Å². The maximum absolute atomic E-state index is 14.1. The molecule has 0 saturated carbocycles. The lowest BCUT2D eigenvalue weighted by Crippen LogP contribution is -2.47. The zero-order valence-electron chi connectivity index (χ0n) is 17.0. The van der Waals surface area contributed by atoms with Gasteiger partial charge in [-0.2, -0.15) is 0 Å². The van der Waals surface area contributed by atoms with Crippen LogP contribution < -0.4 is 16.0 Å². The van der Waals surface area contributed by atoms with Gasteiger partial charge in [0.05, 0.1) is 6.04 Å². The summed E-state index contributed by atoms with van der Waals surface area (Å²) in [7, 11) is 0. The molecule has 0 bridgehead atoms. The van der Waals surface area contributed by atoms with Crippen LogP contribution in [0.5, 0.6) is 0 Å². The van der Waals surface area contributed by atoms with Crippen molar-refractivity contribution in [3.05, 3.63) is 65.5 Å². The number of carbonyl (C=O) groups excluding carboxylic acids is 2. The van der Waals surface area contributed by atoms with Crippen molar-refractivity contribution in [3.63, 3.8) is 0 Å². The highest BCUT2D eigenvalue weighted by atomic mass is 19.1. The van der Waals surface area contributed by atoms with Crippen LogP contribution in [-0.4, -0.2) is 36.1 Å². The third-order valence-corrected chi connectivity index (χ3v) is 6.03. The molecule has 158 valence electrons. The standard InChI is InChI=1S/C23H27FN4O2/c1-15-10-11-18-19(8-5-9-20(18)24)21(15)27-22(29)25-17-12-13-28(14-17)23(30)26-16-6-3-2-4-7-16/h2-9,15,17,21H,10-14H2,1H3,(H,26,30)(H2,25,27,29). The number of halogens is 1. The molecular weight excluding hydrogens is 383 g/mol. The number of nitrogens with zero attached hydrogens (tertiary/aromatic N) is 1. The number of hydrogen-bond donors (Lipinski definition) is 3. The predicted octanol–water partition coefficient (Wildman–Crippen LogP) is 4.05. The molecule has 2 aromatic rings. The minimum Gasteiger partial charge on any atom is -0.334 e. The normalized spacial score (nSPS) is 22.9. The van der Waals surface area contributed by atoms with Gasteiger partial charge in [-0.3, -0.25) is 0 Å². The minimum absolute atomic E-state index is 0.114. The molecule has 3 N–H and O–H groups in total. The highest BCUT2D eigenvalue weighted by molar-refractivity contribution is 5.89. The average molecular weight is 410 g/mol. The van der Waals surface area contributed by atoms with E-state index in [1.165, 1.54) is 6.07 Å². The minimum atomic E-state index is -0.278. The van der Waals surface area contributed by atoms with Gasteiger partial charge in [0.15, 0.2) is 0 Å². The Bertz CT molecular complexity index is 921. The molecule has 1 fully saturated rings. The summed E-state index contributed by atoms with van der Waals surface area (Å²) in [6, 6.07) is 13.6. The van der Waals surface area contributed by atoms with Crippen molar-refractivity contribution < 1.29 is 14.0 Å². The van der Waals surface area contributed by atoms with Crippen LogP contribution in [0.3, 0.4) is 0 Å². The van der Waals surface area contributed by atoms with E-state index in [4.69, 9.17) is 0 Å². The predicted molar refractivity (Wildman–Crippen MR) is 114 cm³/mol. The van der Waals surface area contributed by atoms with Crippen LogP contribution in [-0.2, 0) is 6.42 Å². The molecule has 6 nitrogen and oxygen atoms in total. The van der Waals surface area contributed by atoms with E-state index in [0.29, 0.717) is 31.5 Å². The summed E-state index contributed by atoms with van der Waals surface area (Å²) >= 11 is 0. The van der Waals surface area contributed by atoms with Crippen LogP contribution >= 0.6 is 0 Å². The van der Waals surface area contributed by atoms with E-state index >= 15 is 0 Å². The Labute approximate surface area is 175 Å². The van der Waals surface area contributed by atoms with E-state index in [1.54, 1.807) is 11.0 Å². The largest absolute Gasteiger partial charge is 0.334 e. The first-order valence-corrected chi connectivity index (χ1v) is 10.5. The quantitative estimate of drug-likeness (QED) is 0.714. The fraction of sp³-hybridized carbons (Fsp3) is 0.391. The molecule has 3 unspecified atom stereocenters. The van der Waals surface area contributed by atoms with Gasteiger partial charge in [-0.25, -0.2) is 14.0 Å². The van der Waals surface area contributed by atoms with Gasteiger partial charge in [0.1, 0.15) is 5.82 Å². The van der Waals surface area contributed by atoms with E-state index in [-0.39, 0.29) is 35.9 Å². The first kappa shape index (κ1) is 20.2. The van der Waals surface area contributed by atoms with Gasteiger partial charge in [0.2, 0.25) is 0 Å². The van der Waals surface area contributed by atoms with Gasteiger partial charge in [-0.15, -0.1) is 0 Å². The smallest absolute Gasteiger partial charge is 0.321 e. The molecule has 0 spiro atoms. The summed E-state index contributed by atoms with van der Waals surface area (Å²) in [6.07, 6.45) is 2.22. The van der Waals surface area contributed by atoms with Gasteiger partial charge in [0, 0.05) is 24.8 Å². The second-order valence-corrected chi connectivity index (χ2v) is 8.15. The van der Waals surface area contributed by atoms with Crippen LogP contribution in [0.4, 0.5) is 19.7 Å². The third-order valence-electron chi connectivity index (χ3n) is 6.03. The SMILES string of the molecule is CC1CCc2c(F)cccc2C1NC(=O)NC1CCN(C(=O)Nc2ccccc2)C1. The fourth-order valence-corrected chi connectivity index (χ4v) is 4.35. The molecule has 30 heavy (non-hydrogen) atoms. The molecule has 3 atom stereocenters. The number of likely N-dealkylation sites (tertiary alicyclic amines) is 1. The topological polar surface area (TPSA) is 73.5 Å². The van der Waals surface area contributed by atoms with Gasteiger partial charge >= 0.3 is 12.1 Å². The Balaban J connectivity index is 1.32. The molecule has 4 amide bonds. The molecule has 1 aliphatic carbocycles. The number of hydrogen-bond acceptors (Lipinski definition) is 2. The lowest BCUT2D eigenvalue weighted by atomic mass is 9.80. The maximum Gasteiger partial charge on any atom is 0.321 e. The summed E-state index contributed by atoms with van der Waals surface area (Å²) in [5.41, 5.74) is 2.30. The van der Waals surface area contributed by atoms with Crippen LogP contribution in [0.15, 0.2) is 48.5 Å². The Morgan fingerprint density at radius 2 is 1.83 bits per heavy atom. The molecule has 1 saturated heterocycles. The Kier molecular flexibility index (Phi) is 5.88. The molecule has 0 aromatic heterocycles. The summed E-state index contributed by atoms with van der Waals surface area (Å²) in [5.74, 6) is 0.0178. The van der Waals surface area contributed by atoms with E-state index in [2.05, 4.69) is 22.9 Å². The van der Waals surface area contributed by atoms with Gasteiger partial charge in [-0.05, 0) is 54.5 Å². The van der Waals surface area contributed by atoms with Crippen LogP contribution in [0, 0.1) is 11.7 Å². The van der Waals surface area contributed by atoms with Crippen molar-refractivity contribution in [2.75, 3.05) is 18.4 Å². The highest BCUT2D eigenvalue weighted by Gasteiger charge is 2.31. The zero-order chi connectivity index (χ0) is 21.1. The number of fused-ring (bicyclic) bond motifs is 1. The number of amides is 4. The maximum atomic E-state index is 14.1. The van der Waals surface area contributed by atoms with Crippen molar-refractivity contribution in [2.45, 2.75) is 38.3 Å². The first-order valence-electron chi connectivity index (χ1n) is 10.5. The van der Waals surface area contributed by atoms with E-state index in [0.717, 1.165) is 17.7 Å². The van der Waals surface area contributed by atoms with Crippen LogP contribution in [0.2, 0.25) is 0 Å². The molecular formula is C23H27FN4O2. The summed E-state index contributed by atoms with van der Waals surface area (Å²) in [5, 5.41) is 8.87. The second-order valence-electron chi connectivity index (χ2n) is 8.15. The van der Waals surface area contributed by atoms with Crippen molar-refractivity contribution in [1.82, 2.24) is 15.5 Å². The van der Waals surface area contributed by atoms with E-state index in [1.807, 2.05) is 36.4 Å². The number of carbonyl (C=O) groups is 2. The van der Waals surface area contributed by atoms with Crippen molar-refractivity contribution in [2.24, 2.45) is 5.92 Å². The number of nitrogens with one attached hydrogen (secondary N) is 3. The number of para-hydroxylation sites is 1. The zero-order valence-corrected chi connectivity index (χ0v) is 17.0. The monoisotopic (exact) mass is 410 g/mol. The summed E-state index contributed by atoms with van der Waals surface area (Å²) < 4.78 is 14.1. The van der Waals surface area contributed by atoms with Crippen molar-refractivity contribution in [3.8, 4) is 0 Å². The first-order chi connectivity index (χ1) is 14.5. The molecule has 2 aliphatic rings. The molecule has 4 rings (SSSR count). The van der Waals surface area contributed by atoms with E-state index < -0.39 is 0 Å². The fourth-order valence-electron chi connectivity index (χ4n) is 4.35. The number of anilines is 1. The van der Waals surface area contributed by atoms with E-state index in [9.17, 15) is 14.0 Å². The number of rotatable bonds is 3. The summed E-state index contributed by atoms with van der Waals surface area (Å²) in [4.78, 5) is 26.8. The molecule has 2 aromatic carbocycles. The Morgan fingerprint density at radius 3 is 2.63 bits per heavy atom. The Hall–Kier alpha value is -3.09. The lowest BCUT2D eigenvalue weighted by molar-refractivity contribution is 0.217. The number of urea groups is 2.